The largest absolute Gasteiger partial charge is 0.381 e. The van der Waals surface area contributed by atoms with E-state index in [0.29, 0.717) is 11.4 Å². The summed E-state index contributed by atoms with van der Waals surface area (Å²) in [5.41, 5.74) is 4.19. The van der Waals surface area contributed by atoms with Crippen molar-refractivity contribution in [3.05, 3.63) is 57.6 Å². The van der Waals surface area contributed by atoms with Gasteiger partial charge in [-0.2, -0.15) is 0 Å². The maximum Gasteiger partial charge on any atom is 0.175 e. The topological polar surface area (TPSA) is 46.2 Å². The Hall–Kier alpha value is -1.33. The lowest BCUT2D eigenvalue weighted by Crippen LogP contribution is -2.04. The maximum atomic E-state index is 11.6. The molecule has 21 heavy (non-hydrogen) atoms. The fraction of sp³-hybridized carbons (Fsp3) is 0.250. The van der Waals surface area contributed by atoms with E-state index < -0.39 is 9.84 Å². The van der Waals surface area contributed by atoms with Gasteiger partial charge in [-0.3, -0.25) is 0 Å². The molecule has 0 spiro atoms. The molecule has 0 amide bonds. The highest BCUT2D eigenvalue weighted by atomic mass is 79.9. The lowest BCUT2D eigenvalue weighted by Gasteiger charge is -2.12. The molecule has 0 aromatic heterocycles. The molecule has 0 radical (unpaired) electrons. The van der Waals surface area contributed by atoms with Crippen LogP contribution in [-0.4, -0.2) is 14.7 Å². The zero-order valence-electron chi connectivity index (χ0n) is 12.3. The summed E-state index contributed by atoms with van der Waals surface area (Å²) in [4.78, 5) is 0.334. The van der Waals surface area contributed by atoms with Crippen LogP contribution in [0.4, 0.5) is 5.69 Å². The van der Waals surface area contributed by atoms with Gasteiger partial charge in [-0.15, -0.1) is 0 Å². The highest BCUT2D eigenvalue weighted by Gasteiger charge is 2.09. The number of sulfone groups is 1. The summed E-state index contributed by atoms with van der Waals surface area (Å²) >= 11 is 3.52. The number of benzene rings is 2. The first-order valence-corrected chi connectivity index (χ1v) is 9.25. The van der Waals surface area contributed by atoms with Gasteiger partial charge in [-0.05, 0) is 48.7 Å². The Morgan fingerprint density at radius 3 is 2.33 bits per heavy atom. The Balaban J connectivity index is 2.21. The standard InChI is InChI=1S/C16H18BrNO2S/c1-11-4-6-13(8-15(11)17)10-18-16-9-14(21(3,19)20)7-5-12(16)2/h4-9,18H,10H2,1-3H3. The van der Waals surface area contributed by atoms with E-state index in [0.717, 1.165) is 21.3 Å². The van der Waals surface area contributed by atoms with Crippen molar-refractivity contribution in [1.82, 2.24) is 0 Å². The summed E-state index contributed by atoms with van der Waals surface area (Å²) in [5, 5.41) is 3.30. The molecule has 0 heterocycles. The van der Waals surface area contributed by atoms with E-state index >= 15 is 0 Å². The molecule has 0 saturated carbocycles. The van der Waals surface area contributed by atoms with E-state index in [1.807, 2.05) is 19.9 Å². The number of rotatable bonds is 4. The van der Waals surface area contributed by atoms with Gasteiger partial charge in [-0.1, -0.05) is 34.1 Å². The van der Waals surface area contributed by atoms with Crippen molar-refractivity contribution in [3.63, 3.8) is 0 Å². The van der Waals surface area contributed by atoms with Gasteiger partial charge in [0.2, 0.25) is 0 Å². The number of nitrogens with one attached hydrogen (secondary N) is 1. The van der Waals surface area contributed by atoms with Crippen molar-refractivity contribution in [2.24, 2.45) is 0 Å². The van der Waals surface area contributed by atoms with Crippen molar-refractivity contribution in [2.45, 2.75) is 25.3 Å². The first-order valence-electron chi connectivity index (χ1n) is 6.57. The molecule has 112 valence electrons. The van der Waals surface area contributed by atoms with Crippen LogP contribution in [0.2, 0.25) is 0 Å². The second-order valence-corrected chi connectivity index (χ2v) is 8.06. The monoisotopic (exact) mass is 367 g/mol. The Kier molecular flexibility index (Phi) is 4.74. The quantitative estimate of drug-likeness (QED) is 0.885. The van der Waals surface area contributed by atoms with Crippen LogP contribution in [0, 0.1) is 13.8 Å². The van der Waals surface area contributed by atoms with Crippen LogP contribution in [-0.2, 0) is 16.4 Å². The fourth-order valence-corrected chi connectivity index (χ4v) is 3.04. The maximum absolute atomic E-state index is 11.6. The minimum Gasteiger partial charge on any atom is -0.381 e. The van der Waals surface area contributed by atoms with Crippen LogP contribution >= 0.6 is 15.9 Å². The second kappa shape index (κ2) is 6.20. The third-order valence-electron chi connectivity index (χ3n) is 3.36. The van der Waals surface area contributed by atoms with E-state index in [-0.39, 0.29) is 0 Å². The molecule has 3 nitrogen and oxygen atoms in total. The van der Waals surface area contributed by atoms with Gasteiger partial charge in [-0.25, -0.2) is 8.42 Å². The molecule has 0 saturated heterocycles. The summed E-state index contributed by atoms with van der Waals surface area (Å²) in [5.74, 6) is 0. The molecule has 0 fully saturated rings. The third kappa shape index (κ3) is 4.08. The van der Waals surface area contributed by atoms with Gasteiger partial charge in [0.05, 0.1) is 4.90 Å². The van der Waals surface area contributed by atoms with E-state index in [4.69, 9.17) is 0 Å². The molecule has 1 N–H and O–H groups in total. The van der Waals surface area contributed by atoms with Crippen molar-refractivity contribution < 1.29 is 8.42 Å². The van der Waals surface area contributed by atoms with Crippen molar-refractivity contribution in [3.8, 4) is 0 Å². The Morgan fingerprint density at radius 2 is 1.71 bits per heavy atom. The normalized spacial score (nSPS) is 11.4. The average Bonchev–Trinajstić information content (AvgIpc) is 2.40. The predicted octanol–water partition coefficient (Wildman–Crippen LogP) is 4.08. The van der Waals surface area contributed by atoms with Crippen LogP contribution in [0.1, 0.15) is 16.7 Å². The fourth-order valence-electron chi connectivity index (χ4n) is 1.97. The molecule has 2 rings (SSSR count). The molecule has 0 unspecified atom stereocenters. The van der Waals surface area contributed by atoms with Crippen LogP contribution in [0.15, 0.2) is 45.8 Å². The summed E-state index contributed by atoms with van der Waals surface area (Å²) in [6.45, 7) is 4.65. The van der Waals surface area contributed by atoms with Gasteiger partial charge >= 0.3 is 0 Å². The highest BCUT2D eigenvalue weighted by Crippen LogP contribution is 2.22. The summed E-state index contributed by atoms with van der Waals surface area (Å²) in [6.07, 6.45) is 1.22. The van der Waals surface area contributed by atoms with Crippen molar-refractivity contribution in [1.29, 1.82) is 0 Å². The third-order valence-corrected chi connectivity index (χ3v) is 5.32. The Bertz CT molecular complexity index is 770. The van der Waals surface area contributed by atoms with E-state index in [1.54, 1.807) is 12.1 Å². The van der Waals surface area contributed by atoms with E-state index in [2.05, 4.69) is 39.4 Å². The molecule has 0 atom stereocenters. The number of hydrogen-bond acceptors (Lipinski definition) is 3. The van der Waals surface area contributed by atoms with Gasteiger partial charge in [0.15, 0.2) is 9.84 Å². The smallest absolute Gasteiger partial charge is 0.175 e. The Labute approximate surface area is 134 Å². The Morgan fingerprint density at radius 1 is 1.05 bits per heavy atom. The number of halogens is 1. The zero-order chi connectivity index (χ0) is 15.6. The molecule has 0 bridgehead atoms. The summed E-state index contributed by atoms with van der Waals surface area (Å²) < 4.78 is 24.3. The molecule has 0 aliphatic rings. The van der Waals surface area contributed by atoms with Gasteiger partial charge in [0, 0.05) is 23.0 Å². The van der Waals surface area contributed by atoms with E-state index in [9.17, 15) is 8.42 Å². The number of hydrogen-bond donors (Lipinski definition) is 1. The van der Waals surface area contributed by atoms with Crippen LogP contribution < -0.4 is 5.32 Å². The van der Waals surface area contributed by atoms with Crippen molar-refractivity contribution in [2.75, 3.05) is 11.6 Å². The van der Waals surface area contributed by atoms with Crippen LogP contribution in [0.5, 0.6) is 0 Å². The van der Waals surface area contributed by atoms with Gasteiger partial charge in [0.25, 0.3) is 0 Å². The molecular formula is C16H18BrNO2S. The SMILES string of the molecule is Cc1ccc(CNc2cc(S(C)(=O)=O)ccc2C)cc1Br. The van der Waals surface area contributed by atoms with Gasteiger partial charge in [0.1, 0.15) is 0 Å². The molecule has 2 aromatic carbocycles. The molecule has 2 aromatic rings. The summed E-state index contributed by atoms with van der Waals surface area (Å²) in [7, 11) is -3.18. The minimum absolute atomic E-state index is 0.334. The summed E-state index contributed by atoms with van der Waals surface area (Å²) in [6, 6.07) is 11.3. The number of anilines is 1. The molecule has 5 heteroatoms. The van der Waals surface area contributed by atoms with Crippen molar-refractivity contribution >= 4 is 31.5 Å². The van der Waals surface area contributed by atoms with Gasteiger partial charge < -0.3 is 5.32 Å². The first-order chi connectivity index (χ1) is 9.77. The highest BCUT2D eigenvalue weighted by molar-refractivity contribution is 9.10. The predicted molar refractivity (Wildman–Crippen MR) is 90.5 cm³/mol. The number of aryl methyl sites for hydroxylation is 2. The lowest BCUT2D eigenvalue weighted by molar-refractivity contribution is 0.602. The first kappa shape index (κ1) is 16.0. The molecule has 0 aliphatic carbocycles. The van der Waals surface area contributed by atoms with Crippen LogP contribution in [0.3, 0.4) is 0 Å². The molecule has 0 aliphatic heterocycles. The van der Waals surface area contributed by atoms with E-state index in [1.165, 1.54) is 11.8 Å². The second-order valence-electron chi connectivity index (χ2n) is 5.19. The lowest BCUT2D eigenvalue weighted by atomic mass is 10.1. The molecular weight excluding hydrogens is 350 g/mol. The zero-order valence-corrected chi connectivity index (χ0v) is 14.7. The van der Waals surface area contributed by atoms with Crippen LogP contribution in [0.25, 0.3) is 0 Å². The average molecular weight is 368 g/mol. The minimum atomic E-state index is -3.18.